The van der Waals surface area contributed by atoms with Crippen molar-refractivity contribution in [2.24, 2.45) is 0 Å². The summed E-state index contributed by atoms with van der Waals surface area (Å²) in [6.45, 7) is 4.36. The molecule has 0 spiro atoms. The zero-order chi connectivity index (χ0) is 26.8. The van der Waals surface area contributed by atoms with Crippen molar-refractivity contribution in [1.29, 1.82) is 0 Å². The maximum atomic E-state index is 13.1. The number of aromatic nitrogens is 2. The fraction of sp³-hybridized carbons (Fsp3) is 0.233. The van der Waals surface area contributed by atoms with Gasteiger partial charge in [0.2, 0.25) is 5.91 Å². The molecule has 0 unspecified atom stereocenters. The van der Waals surface area contributed by atoms with Gasteiger partial charge in [-0.15, -0.1) is 0 Å². The number of carbonyl (C=O) groups excluding carboxylic acids is 1. The van der Waals surface area contributed by atoms with Gasteiger partial charge in [0.05, 0.1) is 17.8 Å². The van der Waals surface area contributed by atoms with E-state index >= 15 is 0 Å². The first-order chi connectivity index (χ1) is 18.3. The molecule has 0 bridgehead atoms. The van der Waals surface area contributed by atoms with Crippen molar-refractivity contribution in [2.45, 2.75) is 25.9 Å². The minimum atomic E-state index is -0.208. The van der Waals surface area contributed by atoms with Gasteiger partial charge in [0.25, 0.3) is 0 Å². The number of anilines is 2. The summed E-state index contributed by atoms with van der Waals surface area (Å²) in [5.74, 6) is -0.125. The van der Waals surface area contributed by atoms with Crippen LogP contribution in [-0.2, 0) is 4.79 Å². The smallest absolute Gasteiger partial charge is 0.244 e. The first-order valence-electron chi connectivity index (χ1n) is 12.6. The Bertz CT molecular complexity index is 1430. The molecular formula is C30H32N6OS. The van der Waals surface area contributed by atoms with Crippen molar-refractivity contribution in [2.75, 3.05) is 30.9 Å². The average molecular weight is 525 g/mol. The molecule has 5 rings (SSSR count). The molecule has 1 aliphatic heterocycles. The van der Waals surface area contributed by atoms with Crippen LogP contribution in [0.25, 0.3) is 5.69 Å². The van der Waals surface area contributed by atoms with Gasteiger partial charge in [-0.1, -0.05) is 24.3 Å². The van der Waals surface area contributed by atoms with Crippen molar-refractivity contribution in [3.63, 3.8) is 0 Å². The molecule has 1 saturated heterocycles. The van der Waals surface area contributed by atoms with Crippen molar-refractivity contribution >= 4 is 34.6 Å². The predicted molar refractivity (Wildman–Crippen MR) is 157 cm³/mol. The van der Waals surface area contributed by atoms with Crippen LogP contribution in [0.3, 0.4) is 0 Å². The Labute approximate surface area is 229 Å². The average Bonchev–Trinajstić information content (AvgIpc) is 3.39. The molecular weight excluding hydrogens is 492 g/mol. The van der Waals surface area contributed by atoms with Crippen molar-refractivity contribution in [3.05, 3.63) is 108 Å². The Morgan fingerprint density at radius 1 is 1.03 bits per heavy atom. The summed E-state index contributed by atoms with van der Waals surface area (Å²) in [7, 11) is 4.07. The minimum Gasteiger partial charge on any atom is -0.378 e. The van der Waals surface area contributed by atoms with E-state index in [4.69, 9.17) is 12.2 Å². The molecule has 194 valence electrons. The summed E-state index contributed by atoms with van der Waals surface area (Å²) in [5.41, 5.74) is 7.20. The van der Waals surface area contributed by atoms with Gasteiger partial charge in [0.15, 0.2) is 5.11 Å². The largest absolute Gasteiger partial charge is 0.378 e. The van der Waals surface area contributed by atoms with Crippen molar-refractivity contribution < 1.29 is 4.79 Å². The molecule has 4 aromatic rings. The molecule has 1 aliphatic rings. The molecule has 2 aromatic carbocycles. The lowest BCUT2D eigenvalue weighted by molar-refractivity contribution is -0.116. The predicted octanol–water partition coefficient (Wildman–Crippen LogP) is 5.17. The molecule has 8 heteroatoms. The number of amides is 1. The summed E-state index contributed by atoms with van der Waals surface area (Å²) in [6, 6.07) is 25.7. The van der Waals surface area contributed by atoms with Gasteiger partial charge in [-0.25, -0.2) is 0 Å². The number of rotatable bonds is 7. The highest BCUT2D eigenvalue weighted by Gasteiger charge is 2.42. The number of thiocarbonyl (C=S) groups is 1. The third-order valence-corrected chi connectivity index (χ3v) is 7.33. The minimum absolute atomic E-state index is 0.121. The van der Waals surface area contributed by atoms with E-state index in [1.165, 1.54) is 0 Å². The maximum Gasteiger partial charge on any atom is 0.244 e. The fourth-order valence-electron chi connectivity index (χ4n) is 5.18. The Morgan fingerprint density at radius 3 is 2.39 bits per heavy atom. The topological polar surface area (TPSA) is 65.4 Å². The summed E-state index contributed by atoms with van der Waals surface area (Å²) in [5, 5.41) is 6.98. The second kappa shape index (κ2) is 10.7. The van der Waals surface area contributed by atoms with Crippen LogP contribution in [0.1, 0.15) is 34.7 Å². The standard InChI is InChI=1S/C30H32N6OS/c1-20-18-25(21(2)36(20)24-15-13-23(14-16-24)34(3)4)29-28(26-12-8-9-17-31-26)33-30(38)35(29)19-27(37)32-22-10-6-5-7-11-22/h5-18,28-29H,19H2,1-4H3,(H,32,37)(H,33,38)/t28-,29+/m1/s1. The van der Waals surface area contributed by atoms with Gasteiger partial charge in [0.1, 0.15) is 6.54 Å². The van der Waals surface area contributed by atoms with Crippen LogP contribution in [0.15, 0.2) is 85.1 Å². The van der Waals surface area contributed by atoms with Gasteiger partial charge in [-0.05, 0) is 86.2 Å². The van der Waals surface area contributed by atoms with E-state index in [1.807, 2.05) is 67.5 Å². The van der Waals surface area contributed by atoms with Crippen LogP contribution in [0, 0.1) is 13.8 Å². The number of carbonyl (C=O) groups is 1. The van der Waals surface area contributed by atoms with Gasteiger partial charge in [-0.2, -0.15) is 0 Å². The van der Waals surface area contributed by atoms with E-state index in [-0.39, 0.29) is 24.5 Å². The van der Waals surface area contributed by atoms with E-state index < -0.39 is 0 Å². The summed E-state index contributed by atoms with van der Waals surface area (Å²) in [4.78, 5) is 21.8. The molecule has 2 atom stereocenters. The van der Waals surface area contributed by atoms with Crippen LogP contribution in [-0.4, -0.2) is 46.1 Å². The highest BCUT2D eigenvalue weighted by molar-refractivity contribution is 7.80. The first-order valence-corrected chi connectivity index (χ1v) is 13.0. The number of pyridine rings is 1. The van der Waals surface area contributed by atoms with Gasteiger partial charge >= 0.3 is 0 Å². The second-order valence-corrected chi connectivity index (χ2v) is 10.1. The van der Waals surface area contributed by atoms with Gasteiger partial charge in [-0.3, -0.25) is 9.78 Å². The van der Waals surface area contributed by atoms with Crippen LogP contribution >= 0.6 is 12.2 Å². The molecule has 0 aliphatic carbocycles. The zero-order valence-electron chi connectivity index (χ0n) is 22.1. The lowest BCUT2D eigenvalue weighted by Gasteiger charge is -2.27. The molecule has 0 radical (unpaired) electrons. The Hall–Kier alpha value is -4.17. The van der Waals surface area contributed by atoms with Gasteiger partial charge in [0, 0.05) is 48.7 Å². The van der Waals surface area contributed by atoms with E-state index in [1.54, 1.807) is 6.20 Å². The first kappa shape index (κ1) is 25.5. The SMILES string of the molecule is Cc1cc([C@H]2[C@@H](c3ccccn3)NC(=S)N2CC(=O)Nc2ccccc2)c(C)n1-c1ccc(N(C)C)cc1. The lowest BCUT2D eigenvalue weighted by Crippen LogP contribution is -2.37. The number of nitrogens with one attached hydrogen (secondary N) is 2. The molecule has 3 heterocycles. The summed E-state index contributed by atoms with van der Waals surface area (Å²) < 4.78 is 2.26. The van der Waals surface area contributed by atoms with Crippen molar-refractivity contribution in [1.82, 2.24) is 19.8 Å². The van der Waals surface area contributed by atoms with E-state index in [9.17, 15) is 4.79 Å². The quantitative estimate of drug-likeness (QED) is 0.326. The monoisotopic (exact) mass is 524 g/mol. The Balaban J connectivity index is 1.52. The van der Waals surface area contributed by atoms with Crippen LogP contribution in [0.5, 0.6) is 0 Å². The molecule has 7 nitrogen and oxygen atoms in total. The van der Waals surface area contributed by atoms with E-state index in [0.29, 0.717) is 5.11 Å². The van der Waals surface area contributed by atoms with Gasteiger partial charge < -0.3 is 25.0 Å². The lowest BCUT2D eigenvalue weighted by atomic mass is 9.96. The normalized spacial score (nSPS) is 16.8. The molecule has 1 fully saturated rings. The maximum absolute atomic E-state index is 13.1. The third kappa shape index (κ3) is 4.99. The van der Waals surface area contributed by atoms with E-state index in [0.717, 1.165) is 39.7 Å². The molecule has 0 saturated carbocycles. The summed E-state index contributed by atoms with van der Waals surface area (Å²) >= 11 is 5.79. The summed E-state index contributed by atoms with van der Waals surface area (Å²) in [6.07, 6.45) is 1.79. The molecule has 2 N–H and O–H groups in total. The van der Waals surface area contributed by atoms with E-state index in [2.05, 4.69) is 69.3 Å². The molecule has 2 aromatic heterocycles. The number of hydrogen-bond acceptors (Lipinski definition) is 4. The Kier molecular flexibility index (Phi) is 7.15. The van der Waals surface area contributed by atoms with Crippen LogP contribution in [0.2, 0.25) is 0 Å². The van der Waals surface area contributed by atoms with Crippen LogP contribution < -0.4 is 15.5 Å². The number of hydrogen-bond donors (Lipinski definition) is 2. The Morgan fingerprint density at radius 2 is 1.74 bits per heavy atom. The molecule has 1 amide bonds. The second-order valence-electron chi connectivity index (χ2n) is 9.74. The van der Waals surface area contributed by atoms with Crippen LogP contribution in [0.4, 0.5) is 11.4 Å². The number of nitrogens with zero attached hydrogens (tertiary/aromatic N) is 4. The number of benzene rings is 2. The number of para-hydroxylation sites is 1. The fourth-order valence-corrected chi connectivity index (χ4v) is 5.48. The highest BCUT2D eigenvalue weighted by atomic mass is 32.1. The molecule has 38 heavy (non-hydrogen) atoms. The highest BCUT2D eigenvalue weighted by Crippen LogP contribution is 2.41. The number of aryl methyl sites for hydroxylation is 1. The van der Waals surface area contributed by atoms with Crippen molar-refractivity contribution in [3.8, 4) is 5.69 Å². The zero-order valence-corrected chi connectivity index (χ0v) is 22.9. The third-order valence-electron chi connectivity index (χ3n) is 6.98.